The van der Waals surface area contributed by atoms with Gasteiger partial charge in [-0.2, -0.15) is 5.10 Å². The first-order valence-corrected chi connectivity index (χ1v) is 5.43. The van der Waals surface area contributed by atoms with E-state index in [9.17, 15) is 0 Å². The van der Waals surface area contributed by atoms with Gasteiger partial charge in [-0.3, -0.25) is 0 Å². The number of nitrogens with zero attached hydrogens (tertiary/aromatic N) is 2. The number of nitrogen functional groups attached to an aromatic ring is 1. The molecule has 0 spiro atoms. The van der Waals surface area contributed by atoms with Gasteiger partial charge in [0, 0.05) is 5.92 Å². The van der Waals surface area contributed by atoms with Crippen molar-refractivity contribution in [2.75, 3.05) is 5.73 Å². The minimum atomic E-state index is 0.545. The zero-order chi connectivity index (χ0) is 9.97. The number of anilines is 1. The fourth-order valence-corrected chi connectivity index (χ4v) is 2.28. The highest BCUT2D eigenvalue weighted by atomic mass is 15.1. The summed E-state index contributed by atoms with van der Waals surface area (Å²) in [6, 6.07) is 1.97. The van der Waals surface area contributed by atoms with E-state index in [1.54, 1.807) is 0 Å². The molecule has 0 unspecified atom stereocenters. The van der Waals surface area contributed by atoms with Gasteiger partial charge in [0.1, 0.15) is 5.82 Å². The number of rotatable bonds is 2. The Morgan fingerprint density at radius 3 is 2.71 bits per heavy atom. The SMILES string of the molecule is CCc1cc(N)nnc1C1CCCC1. The lowest BCUT2D eigenvalue weighted by Crippen LogP contribution is -2.06. The second-order valence-electron chi connectivity index (χ2n) is 4.01. The van der Waals surface area contributed by atoms with E-state index in [0.29, 0.717) is 11.7 Å². The second-order valence-corrected chi connectivity index (χ2v) is 4.01. The summed E-state index contributed by atoms with van der Waals surface area (Å²) >= 11 is 0. The second kappa shape index (κ2) is 3.95. The van der Waals surface area contributed by atoms with Gasteiger partial charge in [-0.1, -0.05) is 19.8 Å². The van der Waals surface area contributed by atoms with Gasteiger partial charge in [-0.05, 0) is 30.9 Å². The summed E-state index contributed by atoms with van der Waals surface area (Å²) in [5.74, 6) is 1.18. The molecule has 0 aliphatic heterocycles. The van der Waals surface area contributed by atoms with Crippen molar-refractivity contribution in [3.63, 3.8) is 0 Å². The third kappa shape index (κ3) is 1.72. The standard InChI is InChI=1S/C11H17N3/c1-2-8-7-10(12)13-14-11(8)9-5-3-4-6-9/h7,9H,2-6H2,1H3,(H2,12,13). The fourth-order valence-electron chi connectivity index (χ4n) is 2.28. The Kier molecular flexibility index (Phi) is 2.66. The van der Waals surface area contributed by atoms with Crippen LogP contribution < -0.4 is 5.73 Å². The van der Waals surface area contributed by atoms with E-state index < -0.39 is 0 Å². The molecular weight excluding hydrogens is 174 g/mol. The lowest BCUT2D eigenvalue weighted by atomic mass is 9.98. The molecule has 0 amide bonds. The van der Waals surface area contributed by atoms with Crippen LogP contribution in [0.25, 0.3) is 0 Å². The first-order chi connectivity index (χ1) is 6.81. The van der Waals surface area contributed by atoms with E-state index >= 15 is 0 Å². The topological polar surface area (TPSA) is 51.8 Å². The van der Waals surface area contributed by atoms with Gasteiger partial charge in [-0.25, -0.2) is 0 Å². The molecule has 0 saturated heterocycles. The molecule has 1 aliphatic rings. The molecule has 1 heterocycles. The first kappa shape index (κ1) is 9.44. The monoisotopic (exact) mass is 191 g/mol. The van der Waals surface area contributed by atoms with E-state index in [1.807, 2.05) is 6.07 Å². The van der Waals surface area contributed by atoms with E-state index in [2.05, 4.69) is 17.1 Å². The Balaban J connectivity index is 2.31. The molecule has 0 aromatic carbocycles. The Hall–Kier alpha value is -1.12. The van der Waals surface area contributed by atoms with Gasteiger partial charge < -0.3 is 5.73 Å². The van der Waals surface area contributed by atoms with Gasteiger partial charge in [0.15, 0.2) is 0 Å². The van der Waals surface area contributed by atoms with Crippen molar-refractivity contribution in [3.05, 3.63) is 17.3 Å². The van der Waals surface area contributed by atoms with Crippen LogP contribution in [0.1, 0.15) is 49.8 Å². The Morgan fingerprint density at radius 1 is 1.36 bits per heavy atom. The molecule has 76 valence electrons. The van der Waals surface area contributed by atoms with Crippen LogP contribution in [-0.2, 0) is 6.42 Å². The molecule has 0 atom stereocenters. The molecule has 1 aromatic rings. The first-order valence-electron chi connectivity index (χ1n) is 5.43. The lowest BCUT2D eigenvalue weighted by Gasteiger charge is -2.12. The van der Waals surface area contributed by atoms with Crippen LogP contribution in [0.3, 0.4) is 0 Å². The third-order valence-corrected chi connectivity index (χ3v) is 3.05. The highest BCUT2D eigenvalue weighted by Crippen LogP contribution is 2.34. The largest absolute Gasteiger partial charge is 0.382 e. The van der Waals surface area contributed by atoms with E-state index in [0.717, 1.165) is 6.42 Å². The summed E-state index contributed by atoms with van der Waals surface area (Å²) in [4.78, 5) is 0. The van der Waals surface area contributed by atoms with Gasteiger partial charge in [0.2, 0.25) is 0 Å². The van der Waals surface area contributed by atoms with E-state index in [4.69, 9.17) is 5.73 Å². The normalized spacial score (nSPS) is 17.5. The number of hydrogen-bond acceptors (Lipinski definition) is 3. The summed E-state index contributed by atoms with van der Waals surface area (Å²) in [5.41, 5.74) is 8.10. The van der Waals surface area contributed by atoms with Crippen molar-refractivity contribution < 1.29 is 0 Å². The van der Waals surface area contributed by atoms with Crippen molar-refractivity contribution >= 4 is 5.82 Å². The maximum absolute atomic E-state index is 5.63. The Bertz CT molecular complexity index is 316. The smallest absolute Gasteiger partial charge is 0.146 e. The molecule has 1 aliphatic carbocycles. The molecule has 2 N–H and O–H groups in total. The van der Waals surface area contributed by atoms with Crippen LogP contribution in [0.2, 0.25) is 0 Å². The zero-order valence-electron chi connectivity index (χ0n) is 8.66. The number of hydrogen-bond donors (Lipinski definition) is 1. The quantitative estimate of drug-likeness (QED) is 0.780. The number of nitrogens with two attached hydrogens (primary N) is 1. The molecule has 1 aromatic heterocycles. The van der Waals surface area contributed by atoms with Crippen LogP contribution in [0.15, 0.2) is 6.07 Å². The Labute approximate surface area is 84.7 Å². The summed E-state index contributed by atoms with van der Waals surface area (Å²) < 4.78 is 0. The van der Waals surface area contributed by atoms with Crippen LogP contribution in [-0.4, -0.2) is 10.2 Å². The van der Waals surface area contributed by atoms with Crippen molar-refractivity contribution in [1.82, 2.24) is 10.2 Å². The van der Waals surface area contributed by atoms with Gasteiger partial charge in [0.05, 0.1) is 5.69 Å². The van der Waals surface area contributed by atoms with Crippen molar-refractivity contribution in [3.8, 4) is 0 Å². The Morgan fingerprint density at radius 2 is 2.07 bits per heavy atom. The van der Waals surface area contributed by atoms with E-state index in [1.165, 1.54) is 36.9 Å². The molecule has 2 rings (SSSR count). The molecule has 0 bridgehead atoms. The molecule has 3 nitrogen and oxygen atoms in total. The predicted molar refractivity (Wildman–Crippen MR) is 57.0 cm³/mol. The molecule has 0 radical (unpaired) electrons. The predicted octanol–water partition coefficient (Wildman–Crippen LogP) is 2.28. The number of aryl methyl sites for hydroxylation is 1. The molecule has 3 heteroatoms. The van der Waals surface area contributed by atoms with Crippen molar-refractivity contribution in [1.29, 1.82) is 0 Å². The summed E-state index contributed by atoms with van der Waals surface area (Å²) in [7, 11) is 0. The molecule has 14 heavy (non-hydrogen) atoms. The maximum Gasteiger partial charge on any atom is 0.146 e. The maximum atomic E-state index is 5.63. The van der Waals surface area contributed by atoms with Crippen LogP contribution in [0, 0.1) is 0 Å². The highest BCUT2D eigenvalue weighted by Gasteiger charge is 2.21. The van der Waals surface area contributed by atoms with Crippen molar-refractivity contribution in [2.45, 2.75) is 44.9 Å². The van der Waals surface area contributed by atoms with Crippen LogP contribution in [0.4, 0.5) is 5.82 Å². The zero-order valence-corrected chi connectivity index (χ0v) is 8.66. The summed E-state index contributed by atoms with van der Waals surface area (Å²) in [6.45, 7) is 2.15. The van der Waals surface area contributed by atoms with Gasteiger partial charge in [0.25, 0.3) is 0 Å². The molecular formula is C11H17N3. The van der Waals surface area contributed by atoms with Gasteiger partial charge >= 0.3 is 0 Å². The lowest BCUT2D eigenvalue weighted by molar-refractivity contribution is 0.669. The highest BCUT2D eigenvalue weighted by molar-refractivity contribution is 5.34. The fraction of sp³-hybridized carbons (Fsp3) is 0.636. The third-order valence-electron chi connectivity index (χ3n) is 3.05. The molecule has 1 saturated carbocycles. The average Bonchev–Trinajstić information content (AvgIpc) is 2.70. The van der Waals surface area contributed by atoms with Crippen LogP contribution in [0.5, 0.6) is 0 Å². The summed E-state index contributed by atoms with van der Waals surface area (Å²) in [5, 5.41) is 8.22. The van der Waals surface area contributed by atoms with Gasteiger partial charge in [-0.15, -0.1) is 5.10 Å². The molecule has 1 fully saturated rings. The minimum Gasteiger partial charge on any atom is -0.382 e. The van der Waals surface area contributed by atoms with Crippen molar-refractivity contribution in [2.24, 2.45) is 0 Å². The van der Waals surface area contributed by atoms with E-state index in [-0.39, 0.29) is 0 Å². The summed E-state index contributed by atoms with van der Waals surface area (Å²) in [6.07, 6.45) is 6.21. The van der Waals surface area contributed by atoms with Crippen LogP contribution >= 0.6 is 0 Å². The number of aromatic nitrogens is 2. The average molecular weight is 191 g/mol. The minimum absolute atomic E-state index is 0.545.